The molecule has 0 spiro atoms. The summed E-state index contributed by atoms with van der Waals surface area (Å²) >= 11 is 0. The summed E-state index contributed by atoms with van der Waals surface area (Å²) in [5.41, 5.74) is 0.758. The second kappa shape index (κ2) is 3.11. The zero-order chi connectivity index (χ0) is 9.42. The molecule has 0 saturated heterocycles. The third-order valence-corrected chi connectivity index (χ3v) is 2.76. The summed E-state index contributed by atoms with van der Waals surface area (Å²) < 4.78 is 13.2. The lowest BCUT2D eigenvalue weighted by Gasteiger charge is -2.03. The highest BCUT2D eigenvalue weighted by atomic mass is 19.1. The van der Waals surface area contributed by atoms with Crippen LogP contribution in [0.3, 0.4) is 0 Å². The van der Waals surface area contributed by atoms with Gasteiger partial charge in [0, 0.05) is 0 Å². The molecule has 70 valence electrons. The molecular weight excluding hydrogens is 167 g/mol. The highest BCUT2D eigenvalue weighted by Gasteiger charge is 2.42. The van der Waals surface area contributed by atoms with Gasteiger partial charge in [0.2, 0.25) is 0 Å². The molecular formula is C11H13FO. The van der Waals surface area contributed by atoms with Gasteiger partial charge in [-0.1, -0.05) is 18.2 Å². The first-order valence-electron chi connectivity index (χ1n) is 4.62. The molecule has 3 unspecified atom stereocenters. The van der Waals surface area contributed by atoms with Gasteiger partial charge in [-0.3, -0.25) is 0 Å². The highest BCUT2D eigenvalue weighted by molar-refractivity contribution is 5.27. The molecule has 1 nitrogen and oxygen atoms in total. The lowest BCUT2D eigenvalue weighted by molar-refractivity contribution is 0.168. The summed E-state index contributed by atoms with van der Waals surface area (Å²) in [5, 5.41) is 9.29. The lowest BCUT2D eigenvalue weighted by Crippen LogP contribution is -2.04. The van der Waals surface area contributed by atoms with E-state index < -0.39 is 0 Å². The third kappa shape index (κ3) is 1.59. The van der Waals surface area contributed by atoms with Crippen molar-refractivity contribution in [2.24, 2.45) is 5.92 Å². The minimum absolute atomic E-state index is 0.143. The van der Waals surface area contributed by atoms with Crippen LogP contribution in [-0.4, -0.2) is 11.2 Å². The molecule has 0 aliphatic heterocycles. The first-order chi connectivity index (χ1) is 6.20. The number of aliphatic hydroxyl groups excluding tert-OH is 1. The van der Waals surface area contributed by atoms with E-state index in [-0.39, 0.29) is 23.8 Å². The van der Waals surface area contributed by atoms with E-state index in [0.29, 0.717) is 0 Å². The fourth-order valence-corrected chi connectivity index (χ4v) is 1.88. The van der Waals surface area contributed by atoms with Gasteiger partial charge in [0.15, 0.2) is 0 Å². The van der Waals surface area contributed by atoms with Crippen LogP contribution < -0.4 is 0 Å². The van der Waals surface area contributed by atoms with Gasteiger partial charge in [0.05, 0.1) is 6.10 Å². The predicted octanol–water partition coefficient (Wildman–Crippen LogP) is 2.31. The summed E-state index contributed by atoms with van der Waals surface area (Å²) in [4.78, 5) is 0. The van der Waals surface area contributed by atoms with Crippen LogP contribution in [0.5, 0.6) is 0 Å². The monoisotopic (exact) mass is 180 g/mol. The lowest BCUT2D eigenvalue weighted by atomic mass is 10.1. The minimum Gasteiger partial charge on any atom is -0.393 e. The van der Waals surface area contributed by atoms with Gasteiger partial charge < -0.3 is 5.11 Å². The van der Waals surface area contributed by atoms with Crippen molar-refractivity contribution in [2.75, 3.05) is 0 Å². The largest absolute Gasteiger partial charge is 0.393 e. The van der Waals surface area contributed by atoms with Crippen LogP contribution in [0.2, 0.25) is 0 Å². The molecule has 1 aliphatic rings. The van der Waals surface area contributed by atoms with Crippen molar-refractivity contribution >= 4 is 0 Å². The average molecular weight is 180 g/mol. The van der Waals surface area contributed by atoms with Crippen molar-refractivity contribution in [2.45, 2.75) is 25.4 Å². The van der Waals surface area contributed by atoms with Gasteiger partial charge in [0.1, 0.15) is 5.82 Å². The van der Waals surface area contributed by atoms with E-state index in [9.17, 15) is 9.50 Å². The SMILES string of the molecule is CC(O)C1CC1c1ccccc1F. The van der Waals surface area contributed by atoms with Crippen molar-refractivity contribution in [3.05, 3.63) is 35.6 Å². The fraction of sp³-hybridized carbons (Fsp3) is 0.455. The molecule has 0 aromatic heterocycles. The Bertz CT molecular complexity index is 309. The summed E-state index contributed by atoms with van der Waals surface area (Å²) in [6.45, 7) is 1.77. The Morgan fingerprint density at radius 3 is 2.69 bits per heavy atom. The Balaban J connectivity index is 2.16. The van der Waals surface area contributed by atoms with Crippen molar-refractivity contribution in [3.63, 3.8) is 0 Å². The summed E-state index contributed by atoms with van der Waals surface area (Å²) in [6, 6.07) is 6.82. The predicted molar refractivity (Wildman–Crippen MR) is 48.9 cm³/mol. The number of benzene rings is 1. The van der Waals surface area contributed by atoms with Gasteiger partial charge in [-0.25, -0.2) is 4.39 Å². The number of hydrogen-bond acceptors (Lipinski definition) is 1. The number of aliphatic hydroxyl groups is 1. The van der Waals surface area contributed by atoms with E-state index in [0.717, 1.165) is 12.0 Å². The second-order valence-corrected chi connectivity index (χ2v) is 3.77. The van der Waals surface area contributed by atoms with E-state index in [2.05, 4.69) is 0 Å². The molecule has 13 heavy (non-hydrogen) atoms. The van der Waals surface area contributed by atoms with E-state index in [4.69, 9.17) is 0 Å². The highest BCUT2D eigenvalue weighted by Crippen LogP contribution is 2.49. The number of halogens is 1. The molecule has 2 rings (SSSR count). The van der Waals surface area contributed by atoms with Gasteiger partial charge in [-0.05, 0) is 36.8 Å². The van der Waals surface area contributed by atoms with Crippen LogP contribution in [0.1, 0.15) is 24.8 Å². The molecule has 1 saturated carbocycles. The second-order valence-electron chi connectivity index (χ2n) is 3.77. The van der Waals surface area contributed by atoms with Gasteiger partial charge in [-0.2, -0.15) is 0 Å². The van der Waals surface area contributed by atoms with Crippen molar-refractivity contribution in [1.29, 1.82) is 0 Å². The molecule has 3 atom stereocenters. The Morgan fingerprint density at radius 1 is 1.46 bits per heavy atom. The molecule has 0 bridgehead atoms. The zero-order valence-electron chi connectivity index (χ0n) is 7.57. The first-order valence-corrected chi connectivity index (χ1v) is 4.62. The van der Waals surface area contributed by atoms with E-state index in [1.807, 2.05) is 12.1 Å². The van der Waals surface area contributed by atoms with E-state index >= 15 is 0 Å². The Morgan fingerprint density at radius 2 is 2.15 bits per heavy atom. The van der Waals surface area contributed by atoms with Crippen LogP contribution in [0.15, 0.2) is 24.3 Å². The molecule has 1 fully saturated rings. The Hall–Kier alpha value is -0.890. The third-order valence-electron chi connectivity index (χ3n) is 2.76. The van der Waals surface area contributed by atoms with Crippen molar-refractivity contribution in [3.8, 4) is 0 Å². The Kier molecular flexibility index (Phi) is 2.08. The number of hydrogen-bond donors (Lipinski definition) is 1. The molecule has 1 aromatic rings. The van der Waals surface area contributed by atoms with Crippen LogP contribution in [-0.2, 0) is 0 Å². The number of rotatable bonds is 2. The maximum Gasteiger partial charge on any atom is 0.126 e. The van der Waals surface area contributed by atoms with Crippen LogP contribution in [0, 0.1) is 11.7 Å². The Labute approximate surface area is 77.2 Å². The quantitative estimate of drug-likeness (QED) is 0.740. The molecule has 0 heterocycles. The summed E-state index contributed by atoms with van der Waals surface area (Å²) in [6.07, 6.45) is 0.600. The topological polar surface area (TPSA) is 20.2 Å². The average Bonchev–Trinajstić information content (AvgIpc) is 2.84. The van der Waals surface area contributed by atoms with Gasteiger partial charge in [0.25, 0.3) is 0 Å². The summed E-state index contributed by atoms with van der Waals surface area (Å²) in [7, 11) is 0. The first kappa shape index (κ1) is 8.70. The molecule has 1 aromatic carbocycles. The van der Waals surface area contributed by atoms with Crippen LogP contribution >= 0.6 is 0 Å². The zero-order valence-corrected chi connectivity index (χ0v) is 7.57. The van der Waals surface area contributed by atoms with Gasteiger partial charge >= 0.3 is 0 Å². The smallest absolute Gasteiger partial charge is 0.126 e. The molecule has 1 aliphatic carbocycles. The molecule has 1 N–H and O–H groups in total. The normalized spacial score (nSPS) is 28.5. The maximum atomic E-state index is 13.2. The molecule has 0 radical (unpaired) electrons. The molecule has 2 heteroatoms. The fourth-order valence-electron chi connectivity index (χ4n) is 1.88. The van der Waals surface area contributed by atoms with Crippen LogP contribution in [0.25, 0.3) is 0 Å². The van der Waals surface area contributed by atoms with Crippen LogP contribution in [0.4, 0.5) is 4.39 Å². The van der Waals surface area contributed by atoms with E-state index in [1.54, 1.807) is 13.0 Å². The van der Waals surface area contributed by atoms with E-state index in [1.165, 1.54) is 6.07 Å². The van der Waals surface area contributed by atoms with Crippen molar-refractivity contribution in [1.82, 2.24) is 0 Å². The molecule has 0 amide bonds. The standard InChI is InChI=1S/C11H13FO/c1-7(13)9-6-10(9)8-4-2-3-5-11(8)12/h2-5,7,9-10,13H,6H2,1H3. The summed E-state index contributed by atoms with van der Waals surface area (Å²) in [5.74, 6) is 0.355. The van der Waals surface area contributed by atoms with Gasteiger partial charge in [-0.15, -0.1) is 0 Å². The van der Waals surface area contributed by atoms with Crippen molar-refractivity contribution < 1.29 is 9.50 Å². The minimum atomic E-state index is -0.315. The maximum absolute atomic E-state index is 13.2.